The number of carboxylic acid groups (broad SMARTS) is 1. The summed E-state index contributed by atoms with van der Waals surface area (Å²) in [5.41, 5.74) is 3.28. The molecule has 5 N–H and O–H groups in total. The van der Waals surface area contributed by atoms with E-state index in [4.69, 9.17) is 9.84 Å². The van der Waals surface area contributed by atoms with Crippen LogP contribution in [0.2, 0.25) is 0 Å². The van der Waals surface area contributed by atoms with Gasteiger partial charge in [0.15, 0.2) is 0 Å². The Bertz CT molecular complexity index is 1440. The van der Waals surface area contributed by atoms with Crippen molar-refractivity contribution >= 4 is 59.0 Å². The van der Waals surface area contributed by atoms with Crippen LogP contribution in [0.25, 0.3) is 0 Å². The summed E-state index contributed by atoms with van der Waals surface area (Å²) >= 11 is 6.92. The summed E-state index contributed by atoms with van der Waals surface area (Å²) in [4.78, 5) is 24.6. The molecule has 0 amide bonds. The zero-order valence-corrected chi connectivity index (χ0v) is 38.8. The van der Waals surface area contributed by atoms with Crippen molar-refractivity contribution in [3.05, 3.63) is 46.5 Å². The van der Waals surface area contributed by atoms with Crippen molar-refractivity contribution in [2.45, 2.75) is 170 Å². The van der Waals surface area contributed by atoms with Crippen molar-refractivity contribution in [2.75, 3.05) is 18.1 Å². The summed E-state index contributed by atoms with van der Waals surface area (Å²) in [5, 5.41) is 30.5. The molecular formula is C42H70O7S4. The van der Waals surface area contributed by atoms with Crippen molar-refractivity contribution in [1.29, 1.82) is 0 Å². The monoisotopic (exact) mass is 814 g/mol. The van der Waals surface area contributed by atoms with Gasteiger partial charge in [-0.2, -0.15) is 0 Å². The van der Waals surface area contributed by atoms with Gasteiger partial charge in [0.25, 0.3) is 0 Å². The summed E-state index contributed by atoms with van der Waals surface area (Å²) in [7, 11) is 0. The third kappa shape index (κ3) is 17.8. The molecule has 0 aliphatic rings. The minimum absolute atomic E-state index is 0. The number of rotatable bonds is 13. The van der Waals surface area contributed by atoms with Crippen LogP contribution in [0.3, 0.4) is 0 Å². The van der Waals surface area contributed by atoms with Gasteiger partial charge in [-0.25, -0.2) is 0 Å². The van der Waals surface area contributed by atoms with E-state index in [2.05, 4.69) is 135 Å². The SMILES string of the molecule is CC(C)(SCCC(=O)O)Sc1cc(C(C)(C)C)c(O)c(C(C)(C)C)c1.CCOC(=O)CCSC(C)(C)Sc1cc(C(C)(C)C)c(O)c(C(C)(C)C)c1.O. The van der Waals surface area contributed by atoms with Gasteiger partial charge >= 0.3 is 11.9 Å². The Balaban J connectivity index is 0.00000100. The third-order valence-electron chi connectivity index (χ3n) is 7.95. The number of phenols is 2. The van der Waals surface area contributed by atoms with E-state index in [1.165, 1.54) is 0 Å². The Labute approximate surface area is 338 Å². The number of carboxylic acids is 1. The first-order valence-corrected chi connectivity index (χ1v) is 21.7. The zero-order valence-electron chi connectivity index (χ0n) is 35.5. The lowest BCUT2D eigenvalue weighted by Gasteiger charge is -2.30. The number of aliphatic carboxylic acids is 1. The fourth-order valence-corrected chi connectivity index (χ4v) is 10.2. The van der Waals surface area contributed by atoms with E-state index in [1.54, 1.807) is 47.0 Å². The average Bonchev–Trinajstić information content (AvgIpc) is 2.92. The molecule has 0 spiro atoms. The van der Waals surface area contributed by atoms with Gasteiger partial charge in [-0.1, -0.05) is 83.1 Å². The van der Waals surface area contributed by atoms with Crippen LogP contribution in [0.1, 0.15) is 153 Å². The highest BCUT2D eigenvalue weighted by atomic mass is 32.2. The molecule has 0 aliphatic carbocycles. The molecule has 0 aliphatic heterocycles. The van der Waals surface area contributed by atoms with Crippen LogP contribution in [0.5, 0.6) is 11.5 Å². The zero-order chi connectivity index (χ0) is 40.7. The van der Waals surface area contributed by atoms with Crippen LogP contribution in [0.15, 0.2) is 34.1 Å². The van der Waals surface area contributed by atoms with Crippen LogP contribution in [-0.4, -0.2) is 59.0 Å². The molecule has 0 atom stereocenters. The fourth-order valence-electron chi connectivity index (χ4n) is 5.24. The number of esters is 1. The maximum atomic E-state index is 11.6. The molecule has 53 heavy (non-hydrogen) atoms. The Hall–Kier alpha value is -1.66. The second-order valence-corrected chi connectivity index (χ2v) is 25.5. The number of carbonyl (C=O) groups is 2. The van der Waals surface area contributed by atoms with Gasteiger partial charge in [0.2, 0.25) is 0 Å². The molecule has 2 aromatic carbocycles. The molecule has 11 heteroatoms. The first-order valence-electron chi connectivity index (χ1n) is 18.1. The van der Waals surface area contributed by atoms with Gasteiger partial charge in [-0.3, -0.25) is 9.59 Å². The number of phenolic OH excluding ortho intramolecular Hbond substituents is 2. The van der Waals surface area contributed by atoms with E-state index in [1.807, 2.05) is 6.92 Å². The normalized spacial score (nSPS) is 12.8. The summed E-state index contributed by atoms with van der Waals surface area (Å²) < 4.78 is 4.78. The number of benzene rings is 2. The van der Waals surface area contributed by atoms with Gasteiger partial charge in [0, 0.05) is 43.6 Å². The van der Waals surface area contributed by atoms with E-state index in [-0.39, 0.29) is 47.7 Å². The maximum Gasteiger partial charge on any atom is 0.306 e. The van der Waals surface area contributed by atoms with Crippen LogP contribution in [0.4, 0.5) is 0 Å². The number of ether oxygens (including phenoxy) is 1. The second-order valence-electron chi connectivity index (χ2n) is 18.1. The molecule has 0 fully saturated rings. The lowest BCUT2D eigenvalue weighted by atomic mass is 9.79. The molecule has 2 rings (SSSR count). The molecule has 0 bridgehead atoms. The van der Waals surface area contributed by atoms with E-state index in [0.717, 1.165) is 37.8 Å². The quantitative estimate of drug-likeness (QED) is 0.102. The highest BCUT2D eigenvalue weighted by Gasteiger charge is 2.30. The largest absolute Gasteiger partial charge is 0.507 e. The molecule has 0 radical (unpaired) electrons. The van der Waals surface area contributed by atoms with Gasteiger partial charge in [0.05, 0.1) is 27.6 Å². The number of carbonyl (C=O) groups excluding carboxylic acids is 1. The highest BCUT2D eigenvalue weighted by Crippen LogP contribution is 2.48. The van der Waals surface area contributed by atoms with E-state index in [9.17, 15) is 19.8 Å². The minimum Gasteiger partial charge on any atom is -0.507 e. The van der Waals surface area contributed by atoms with Crippen molar-refractivity contribution in [1.82, 2.24) is 0 Å². The van der Waals surface area contributed by atoms with E-state index >= 15 is 0 Å². The molecule has 0 saturated heterocycles. The minimum atomic E-state index is -0.761. The van der Waals surface area contributed by atoms with Crippen molar-refractivity contribution in [2.24, 2.45) is 0 Å². The van der Waals surface area contributed by atoms with Gasteiger partial charge in [0.1, 0.15) is 11.5 Å². The summed E-state index contributed by atoms with van der Waals surface area (Å²) in [6.07, 6.45) is 0.600. The van der Waals surface area contributed by atoms with E-state index < -0.39 is 5.97 Å². The molecule has 0 unspecified atom stereocenters. The van der Waals surface area contributed by atoms with Crippen molar-refractivity contribution < 1.29 is 35.1 Å². The maximum absolute atomic E-state index is 11.6. The Kier molecular flexibility index (Phi) is 19.3. The van der Waals surface area contributed by atoms with Crippen LogP contribution < -0.4 is 0 Å². The third-order valence-corrected chi connectivity index (χ3v) is 13.3. The number of thioether (sulfide) groups is 4. The lowest BCUT2D eigenvalue weighted by molar-refractivity contribution is -0.142. The second kappa shape index (κ2) is 20.0. The predicted octanol–water partition coefficient (Wildman–Crippen LogP) is 11.7. The molecule has 7 nitrogen and oxygen atoms in total. The van der Waals surface area contributed by atoms with E-state index in [0.29, 0.717) is 30.3 Å². The summed E-state index contributed by atoms with van der Waals surface area (Å²) in [6, 6.07) is 8.38. The first-order chi connectivity index (χ1) is 23.3. The Morgan fingerprint density at radius 3 is 1.09 bits per heavy atom. The van der Waals surface area contributed by atoms with Crippen molar-refractivity contribution in [3.63, 3.8) is 0 Å². The van der Waals surface area contributed by atoms with Crippen LogP contribution in [-0.2, 0) is 36.0 Å². The lowest BCUT2D eigenvalue weighted by Crippen LogP contribution is -2.18. The Morgan fingerprint density at radius 2 is 0.849 bits per heavy atom. The van der Waals surface area contributed by atoms with Crippen LogP contribution in [0, 0.1) is 0 Å². The standard InChI is InChI=1S/C22H36O3S2.C20H32O3S2.H2O/c1-10-25-18(23)11-12-26-22(8,9)27-15-13-16(20(2,3)4)19(24)17(14-15)21(5,6)7;1-18(2,3)14-11-13(12-15(17(14)23)19(4,5)6)25-20(7,8)24-10-9-16(21)22;/h13-14,24H,10-12H2,1-9H3;11-12,23H,9-10H2,1-8H3,(H,21,22);1H2. The molecule has 304 valence electrons. The average molecular weight is 815 g/mol. The van der Waals surface area contributed by atoms with Gasteiger partial charge in [-0.15, -0.1) is 47.0 Å². The van der Waals surface area contributed by atoms with Crippen LogP contribution >= 0.6 is 47.0 Å². The first kappa shape index (κ1) is 51.3. The number of hydrogen-bond donors (Lipinski definition) is 3. The molecule has 2 aromatic rings. The summed E-state index contributed by atoms with van der Waals surface area (Å²) in [5.74, 6) is 1.22. The topological polar surface area (TPSA) is 136 Å². The molecular weight excluding hydrogens is 745 g/mol. The molecule has 0 heterocycles. The molecule has 0 aromatic heterocycles. The van der Waals surface area contributed by atoms with Gasteiger partial charge in [-0.05, 0) is 80.5 Å². The molecule has 0 saturated carbocycles. The number of hydrogen-bond acceptors (Lipinski definition) is 9. The number of aromatic hydroxyl groups is 2. The van der Waals surface area contributed by atoms with Gasteiger partial charge < -0.3 is 25.5 Å². The summed E-state index contributed by atoms with van der Waals surface area (Å²) in [6.45, 7) is 36.2. The fraction of sp³-hybridized carbons (Fsp3) is 0.667. The highest BCUT2D eigenvalue weighted by molar-refractivity contribution is 8.18. The smallest absolute Gasteiger partial charge is 0.306 e. The van der Waals surface area contributed by atoms with Crippen molar-refractivity contribution in [3.8, 4) is 11.5 Å². The Morgan fingerprint density at radius 1 is 0.566 bits per heavy atom. The predicted molar refractivity (Wildman–Crippen MR) is 233 cm³/mol.